The third kappa shape index (κ3) is 4.52. The fourth-order valence-corrected chi connectivity index (χ4v) is 3.72. The van der Waals surface area contributed by atoms with Gasteiger partial charge in [0.05, 0.1) is 13.2 Å². The molecule has 0 saturated carbocycles. The lowest BCUT2D eigenvalue weighted by Crippen LogP contribution is -2.45. The highest BCUT2D eigenvalue weighted by molar-refractivity contribution is 8.16. The molecule has 5 nitrogen and oxygen atoms in total. The van der Waals surface area contributed by atoms with E-state index in [-0.39, 0.29) is 11.9 Å². The van der Waals surface area contributed by atoms with Crippen molar-refractivity contribution in [1.82, 2.24) is 5.32 Å². The number of carbonyl (C=O) groups excluding carboxylic acids is 2. The zero-order valence-corrected chi connectivity index (χ0v) is 15.2. The minimum atomic E-state index is -0.742. The van der Waals surface area contributed by atoms with Gasteiger partial charge >= 0.3 is 5.97 Å². The average molecular weight is 368 g/mol. The third-order valence-electron chi connectivity index (χ3n) is 4.10. The first-order chi connectivity index (χ1) is 12.7. The summed E-state index contributed by atoms with van der Waals surface area (Å²) in [5.41, 5.74) is 2.03. The van der Waals surface area contributed by atoms with Gasteiger partial charge in [0.2, 0.25) is 0 Å². The van der Waals surface area contributed by atoms with Gasteiger partial charge in [-0.15, -0.1) is 0 Å². The first-order valence-corrected chi connectivity index (χ1v) is 9.34. The fourth-order valence-electron chi connectivity index (χ4n) is 2.75. The van der Waals surface area contributed by atoms with Crippen molar-refractivity contribution in [2.24, 2.45) is 4.99 Å². The largest absolute Gasteiger partial charge is 0.467 e. The molecule has 0 bridgehead atoms. The van der Waals surface area contributed by atoms with Gasteiger partial charge in [0.25, 0.3) is 5.91 Å². The summed E-state index contributed by atoms with van der Waals surface area (Å²) < 4.78 is 4.84. The number of amides is 1. The second kappa shape index (κ2) is 8.67. The Morgan fingerprint density at radius 3 is 2.46 bits per heavy atom. The second-order valence-electron chi connectivity index (χ2n) is 5.91. The summed E-state index contributed by atoms with van der Waals surface area (Å²) in [7, 11) is 1.32. The summed E-state index contributed by atoms with van der Waals surface area (Å²) in [6.07, 6.45) is 0.374. The van der Waals surface area contributed by atoms with Crippen LogP contribution in [-0.4, -0.2) is 35.8 Å². The molecule has 1 aliphatic rings. The Morgan fingerprint density at radius 2 is 1.81 bits per heavy atom. The Morgan fingerprint density at radius 1 is 1.15 bits per heavy atom. The smallest absolute Gasteiger partial charge is 0.328 e. The molecule has 0 saturated heterocycles. The highest BCUT2D eigenvalue weighted by Gasteiger charge is 2.28. The number of carbonyl (C=O) groups is 2. The van der Waals surface area contributed by atoms with E-state index in [4.69, 9.17) is 4.74 Å². The number of hydrogen-bond acceptors (Lipinski definition) is 5. The number of aliphatic imine (C=N–C) groups is 1. The van der Waals surface area contributed by atoms with Gasteiger partial charge in [0.15, 0.2) is 5.04 Å². The average Bonchev–Trinajstić information content (AvgIpc) is 3.19. The van der Waals surface area contributed by atoms with Gasteiger partial charge in [-0.25, -0.2) is 4.79 Å². The van der Waals surface area contributed by atoms with Crippen LogP contribution in [0.1, 0.15) is 17.2 Å². The minimum absolute atomic E-state index is 0.0346. The van der Waals surface area contributed by atoms with Gasteiger partial charge in [-0.05, 0) is 11.1 Å². The zero-order chi connectivity index (χ0) is 18.4. The van der Waals surface area contributed by atoms with Crippen LogP contribution in [0.15, 0.2) is 65.7 Å². The number of esters is 1. The molecule has 0 aromatic heterocycles. The first-order valence-electron chi connectivity index (χ1n) is 8.35. The van der Waals surface area contributed by atoms with Crippen LogP contribution in [0.25, 0.3) is 0 Å². The molecule has 2 unspecified atom stereocenters. The summed E-state index contributed by atoms with van der Waals surface area (Å²) in [4.78, 5) is 29.2. The maximum Gasteiger partial charge on any atom is 0.328 e. The molecule has 1 heterocycles. The Hall–Kier alpha value is -2.60. The minimum Gasteiger partial charge on any atom is -0.467 e. The summed E-state index contributed by atoms with van der Waals surface area (Å²) in [5.74, 6) is -0.0842. The monoisotopic (exact) mass is 368 g/mol. The number of rotatable bonds is 6. The standard InChI is InChI=1S/C20H20N2O3S/c1-25-20(24)16(12-14-8-4-2-5-9-14)21-18(23)19-22-17(13-26-19)15-10-6-3-7-11-15/h2-11,16-17H,12-13H2,1H3,(H,21,23). The molecule has 1 aliphatic heterocycles. The van der Waals surface area contributed by atoms with Crippen LogP contribution in [0.4, 0.5) is 0 Å². The molecule has 2 aromatic carbocycles. The number of nitrogens with zero attached hydrogens (tertiary/aromatic N) is 1. The number of methoxy groups -OCH3 is 1. The Balaban J connectivity index is 1.69. The molecule has 1 amide bonds. The molecule has 3 rings (SSSR count). The van der Waals surface area contributed by atoms with Crippen LogP contribution >= 0.6 is 11.8 Å². The molecule has 0 fully saturated rings. The first kappa shape index (κ1) is 18.2. The molecule has 6 heteroatoms. The predicted molar refractivity (Wildman–Crippen MR) is 103 cm³/mol. The number of ether oxygens (including phenoxy) is 1. The lowest BCUT2D eigenvalue weighted by atomic mass is 10.1. The number of thioether (sulfide) groups is 1. The molecular weight excluding hydrogens is 348 g/mol. The van der Waals surface area contributed by atoms with E-state index in [0.717, 1.165) is 11.1 Å². The second-order valence-corrected chi connectivity index (χ2v) is 6.92. The van der Waals surface area contributed by atoms with Crippen molar-refractivity contribution in [2.45, 2.75) is 18.5 Å². The van der Waals surface area contributed by atoms with Crippen molar-refractivity contribution in [3.05, 3.63) is 71.8 Å². The molecular formula is C20H20N2O3S. The number of hydrogen-bond donors (Lipinski definition) is 1. The molecule has 2 atom stereocenters. The van der Waals surface area contributed by atoms with E-state index >= 15 is 0 Å². The van der Waals surface area contributed by atoms with E-state index in [0.29, 0.717) is 17.2 Å². The van der Waals surface area contributed by atoms with Gasteiger partial charge in [-0.1, -0.05) is 72.4 Å². The van der Waals surface area contributed by atoms with E-state index in [1.807, 2.05) is 60.7 Å². The van der Waals surface area contributed by atoms with Gasteiger partial charge in [0, 0.05) is 12.2 Å². The molecule has 0 spiro atoms. The maximum absolute atomic E-state index is 12.6. The summed E-state index contributed by atoms with van der Waals surface area (Å²) in [6, 6.07) is 18.6. The van der Waals surface area contributed by atoms with Crippen LogP contribution in [0.2, 0.25) is 0 Å². The van der Waals surface area contributed by atoms with Gasteiger partial charge < -0.3 is 10.1 Å². The van der Waals surface area contributed by atoms with Crippen molar-refractivity contribution < 1.29 is 14.3 Å². The van der Waals surface area contributed by atoms with Crippen molar-refractivity contribution in [1.29, 1.82) is 0 Å². The van der Waals surface area contributed by atoms with E-state index in [9.17, 15) is 9.59 Å². The van der Waals surface area contributed by atoms with Crippen LogP contribution in [0.5, 0.6) is 0 Å². The van der Waals surface area contributed by atoms with Crippen molar-refractivity contribution in [3.8, 4) is 0 Å². The van der Waals surface area contributed by atoms with E-state index in [1.165, 1.54) is 18.9 Å². The van der Waals surface area contributed by atoms with Crippen molar-refractivity contribution in [2.75, 3.05) is 12.9 Å². The van der Waals surface area contributed by atoms with Crippen LogP contribution in [-0.2, 0) is 20.7 Å². The number of benzene rings is 2. The number of nitrogens with one attached hydrogen (secondary N) is 1. The molecule has 26 heavy (non-hydrogen) atoms. The van der Waals surface area contributed by atoms with Crippen LogP contribution < -0.4 is 5.32 Å². The highest BCUT2D eigenvalue weighted by Crippen LogP contribution is 2.30. The zero-order valence-electron chi connectivity index (χ0n) is 14.4. The van der Waals surface area contributed by atoms with E-state index < -0.39 is 12.0 Å². The molecule has 1 N–H and O–H groups in total. The molecule has 0 radical (unpaired) electrons. The van der Waals surface area contributed by atoms with E-state index in [1.54, 1.807) is 0 Å². The highest BCUT2D eigenvalue weighted by atomic mass is 32.2. The van der Waals surface area contributed by atoms with E-state index in [2.05, 4.69) is 10.3 Å². The predicted octanol–water partition coefficient (Wildman–Crippen LogP) is 2.77. The summed E-state index contributed by atoms with van der Waals surface area (Å²) >= 11 is 1.41. The quantitative estimate of drug-likeness (QED) is 0.796. The van der Waals surface area contributed by atoms with Crippen molar-refractivity contribution >= 4 is 28.7 Å². The summed E-state index contributed by atoms with van der Waals surface area (Å²) in [6.45, 7) is 0. The Labute approximate surface area is 156 Å². The fraction of sp³-hybridized carbons (Fsp3) is 0.250. The van der Waals surface area contributed by atoms with Gasteiger partial charge in [0.1, 0.15) is 6.04 Å². The SMILES string of the molecule is COC(=O)C(Cc1ccccc1)NC(=O)C1=NC(c2ccccc2)CS1. The van der Waals surface area contributed by atoms with Crippen LogP contribution in [0.3, 0.4) is 0 Å². The van der Waals surface area contributed by atoms with Gasteiger partial charge in [-0.3, -0.25) is 9.79 Å². The Kier molecular flexibility index (Phi) is 6.07. The lowest BCUT2D eigenvalue weighted by Gasteiger charge is -2.16. The molecule has 0 aliphatic carbocycles. The summed E-state index contributed by atoms with van der Waals surface area (Å²) in [5, 5.41) is 3.17. The lowest BCUT2D eigenvalue weighted by molar-refractivity contribution is -0.144. The third-order valence-corrected chi connectivity index (χ3v) is 5.15. The Bertz CT molecular complexity index is 793. The van der Waals surface area contributed by atoms with Gasteiger partial charge in [-0.2, -0.15) is 0 Å². The van der Waals surface area contributed by atoms with Crippen LogP contribution in [0, 0.1) is 0 Å². The van der Waals surface area contributed by atoms with Crippen molar-refractivity contribution in [3.63, 3.8) is 0 Å². The maximum atomic E-state index is 12.6. The topological polar surface area (TPSA) is 67.8 Å². The normalized spacial score (nSPS) is 17.3. The molecule has 2 aromatic rings. The molecule has 134 valence electrons.